The molecule has 0 saturated carbocycles. The normalized spacial score (nSPS) is 16.3. The zero-order valence-corrected chi connectivity index (χ0v) is 21.8. The van der Waals surface area contributed by atoms with Crippen LogP contribution in [0.1, 0.15) is 43.6 Å². The second-order valence-electron chi connectivity index (χ2n) is 8.87. The van der Waals surface area contributed by atoms with Crippen molar-refractivity contribution in [1.29, 1.82) is 0 Å². The molecule has 2 heterocycles. The van der Waals surface area contributed by atoms with Crippen LogP contribution in [0.4, 0.5) is 0 Å². The van der Waals surface area contributed by atoms with Crippen LogP contribution in [0.5, 0.6) is 0 Å². The lowest BCUT2D eigenvalue weighted by molar-refractivity contribution is -0.159. The van der Waals surface area contributed by atoms with Crippen molar-refractivity contribution in [3.05, 3.63) is 58.3 Å². The molecule has 1 unspecified atom stereocenters. The van der Waals surface area contributed by atoms with Crippen LogP contribution in [0, 0.1) is 0 Å². The van der Waals surface area contributed by atoms with E-state index < -0.39 is 6.04 Å². The number of hydrogen-bond donors (Lipinski definition) is 0. The Balaban J connectivity index is 1.82. The number of ether oxygens (including phenoxy) is 1. The third-order valence-electron chi connectivity index (χ3n) is 6.63. The predicted molar refractivity (Wildman–Crippen MR) is 138 cm³/mol. The van der Waals surface area contributed by atoms with E-state index in [0.717, 1.165) is 23.3 Å². The van der Waals surface area contributed by atoms with Gasteiger partial charge in [0.05, 0.1) is 19.6 Å². The number of rotatable bonds is 13. The fraction of sp³-hybridized carbons (Fsp3) is 0.519. The smallest absolute Gasteiger partial charge is 0.246 e. The molecule has 1 fully saturated rings. The van der Waals surface area contributed by atoms with E-state index in [9.17, 15) is 14.4 Å². The minimum absolute atomic E-state index is 0.0121. The maximum absolute atomic E-state index is 13.7. The largest absolute Gasteiger partial charge is 0.383 e. The highest BCUT2D eigenvalue weighted by atomic mass is 32.1. The molecule has 0 spiro atoms. The highest BCUT2D eigenvalue weighted by Gasteiger charge is 2.41. The van der Waals surface area contributed by atoms with Gasteiger partial charge in [-0.1, -0.05) is 50.2 Å². The maximum Gasteiger partial charge on any atom is 0.246 e. The van der Waals surface area contributed by atoms with Gasteiger partial charge < -0.3 is 19.4 Å². The molecule has 0 bridgehead atoms. The molecule has 1 aliphatic heterocycles. The summed E-state index contributed by atoms with van der Waals surface area (Å²) >= 11 is 1.63. The molecule has 1 aliphatic rings. The molecular formula is C27H37N3O4S. The van der Waals surface area contributed by atoms with Crippen molar-refractivity contribution in [2.24, 2.45) is 0 Å². The third-order valence-corrected chi connectivity index (χ3v) is 7.57. The van der Waals surface area contributed by atoms with Crippen molar-refractivity contribution < 1.29 is 19.1 Å². The zero-order chi connectivity index (χ0) is 25.2. The molecule has 0 radical (unpaired) electrons. The van der Waals surface area contributed by atoms with Crippen LogP contribution in [0.3, 0.4) is 0 Å². The van der Waals surface area contributed by atoms with Crippen LogP contribution < -0.4 is 0 Å². The van der Waals surface area contributed by atoms with Crippen molar-refractivity contribution in [2.75, 3.05) is 33.4 Å². The van der Waals surface area contributed by atoms with E-state index in [0.29, 0.717) is 32.7 Å². The Morgan fingerprint density at radius 3 is 2.49 bits per heavy atom. The van der Waals surface area contributed by atoms with E-state index in [1.165, 1.54) is 4.90 Å². The fourth-order valence-electron chi connectivity index (χ4n) is 4.62. The highest BCUT2D eigenvalue weighted by Crippen LogP contribution is 2.22. The number of thiophene rings is 1. The first-order valence-corrected chi connectivity index (χ1v) is 13.3. The number of nitrogens with zero attached hydrogens (tertiary/aromatic N) is 3. The number of benzene rings is 1. The van der Waals surface area contributed by atoms with Gasteiger partial charge in [-0.3, -0.25) is 14.4 Å². The molecule has 0 N–H and O–H groups in total. The summed E-state index contributed by atoms with van der Waals surface area (Å²) in [5.41, 5.74) is 1.05. The lowest BCUT2D eigenvalue weighted by Crippen LogP contribution is -2.61. The van der Waals surface area contributed by atoms with E-state index in [2.05, 4.69) is 13.8 Å². The average Bonchev–Trinajstić information content (AvgIpc) is 3.39. The molecule has 35 heavy (non-hydrogen) atoms. The van der Waals surface area contributed by atoms with Crippen molar-refractivity contribution in [1.82, 2.24) is 14.7 Å². The molecule has 3 rings (SSSR count). The summed E-state index contributed by atoms with van der Waals surface area (Å²) in [6, 6.07) is 13.2. The van der Waals surface area contributed by atoms with Gasteiger partial charge in [-0.05, 0) is 36.3 Å². The van der Waals surface area contributed by atoms with Gasteiger partial charge >= 0.3 is 0 Å². The molecule has 8 heteroatoms. The van der Waals surface area contributed by atoms with Gasteiger partial charge in [-0.2, -0.15) is 0 Å². The quantitative estimate of drug-likeness (QED) is 0.422. The SMILES string of the molecule is CCC(CC)N(Cc1ccccc1)C(=O)CC1C(=O)N(CCOC)CC(=O)N1CCc1cccs1. The van der Waals surface area contributed by atoms with E-state index in [4.69, 9.17) is 4.74 Å². The lowest BCUT2D eigenvalue weighted by atomic mass is 10.0. The fourth-order valence-corrected chi connectivity index (χ4v) is 5.32. The molecule has 3 amide bonds. The standard InChI is InChI=1S/C27H37N3O4S/c1-4-22(5-2)30(19-21-10-7-6-8-11-21)25(31)18-24-27(33)28(15-16-34-3)20-26(32)29(24)14-13-23-12-9-17-35-23/h6-12,17,22,24H,4-5,13-16,18-20H2,1-3H3. The summed E-state index contributed by atoms with van der Waals surface area (Å²) in [4.78, 5) is 46.5. The number of carbonyl (C=O) groups excluding carboxylic acids is 3. The first kappa shape index (κ1) is 26.9. The summed E-state index contributed by atoms with van der Waals surface area (Å²) in [6.07, 6.45) is 2.31. The van der Waals surface area contributed by atoms with Gasteiger partial charge in [0.1, 0.15) is 6.04 Å². The Morgan fingerprint density at radius 1 is 1.11 bits per heavy atom. The predicted octanol–water partition coefficient (Wildman–Crippen LogP) is 3.58. The van der Waals surface area contributed by atoms with Gasteiger partial charge in [0.15, 0.2) is 0 Å². The monoisotopic (exact) mass is 499 g/mol. The van der Waals surface area contributed by atoms with E-state index in [-0.39, 0.29) is 36.7 Å². The first-order valence-electron chi connectivity index (χ1n) is 12.4. The van der Waals surface area contributed by atoms with Gasteiger partial charge in [-0.15, -0.1) is 11.3 Å². The number of hydrogen-bond acceptors (Lipinski definition) is 5. The summed E-state index contributed by atoms with van der Waals surface area (Å²) in [7, 11) is 1.57. The Morgan fingerprint density at radius 2 is 1.86 bits per heavy atom. The Bertz CT molecular complexity index is 947. The average molecular weight is 500 g/mol. The number of piperazine rings is 1. The Hall–Kier alpha value is -2.71. The summed E-state index contributed by atoms with van der Waals surface area (Å²) in [6.45, 7) is 5.78. The van der Waals surface area contributed by atoms with E-state index in [1.807, 2.05) is 52.7 Å². The van der Waals surface area contributed by atoms with Crippen molar-refractivity contribution >= 4 is 29.1 Å². The molecule has 1 aromatic heterocycles. The molecular weight excluding hydrogens is 462 g/mol. The minimum Gasteiger partial charge on any atom is -0.383 e. The highest BCUT2D eigenvalue weighted by molar-refractivity contribution is 7.09. The van der Waals surface area contributed by atoms with Crippen LogP contribution in [-0.4, -0.2) is 77.9 Å². The summed E-state index contributed by atoms with van der Waals surface area (Å²) in [5, 5.41) is 2.00. The van der Waals surface area contributed by atoms with Crippen LogP contribution in [-0.2, 0) is 32.1 Å². The second kappa shape index (κ2) is 13.4. The molecule has 1 atom stereocenters. The van der Waals surface area contributed by atoms with E-state index in [1.54, 1.807) is 23.3 Å². The van der Waals surface area contributed by atoms with Crippen LogP contribution in [0.15, 0.2) is 47.8 Å². The van der Waals surface area contributed by atoms with E-state index >= 15 is 0 Å². The summed E-state index contributed by atoms with van der Waals surface area (Å²) in [5.74, 6) is -0.388. The lowest BCUT2D eigenvalue weighted by Gasteiger charge is -2.41. The van der Waals surface area contributed by atoms with Crippen molar-refractivity contribution in [3.8, 4) is 0 Å². The van der Waals surface area contributed by atoms with Gasteiger partial charge in [0.2, 0.25) is 17.7 Å². The Labute approximate surface area is 212 Å². The zero-order valence-electron chi connectivity index (χ0n) is 21.0. The third kappa shape index (κ3) is 7.15. The van der Waals surface area contributed by atoms with Gasteiger partial charge in [-0.25, -0.2) is 0 Å². The van der Waals surface area contributed by atoms with Crippen LogP contribution in [0.25, 0.3) is 0 Å². The number of methoxy groups -OCH3 is 1. The van der Waals surface area contributed by atoms with Gasteiger partial charge in [0, 0.05) is 37.7 Å². The van der Waals surface area contributed by atoms with Crippen LogP contribution >= 0.6 is 11.3 Å². The second-order valence-corrected chi connectivity index (χ2v) is 9.90. The van der Waals surface area contributed by atoms with Gasteiger partial charge in [0.25, 0.3) is 0 Å². The maximum atomic E-state index is 13.7. The number of carbonyl (C=O) groups is 3. The van der Waals surface area contributed by atoms with Crippen molar-refractivity contribution in [2.45, 2.75) is 58.2 Å². The van der Waals surface area contributed by atoms with Crippen LogP contribution in [0.2, 0.25) is 0 Å². The topological polar surface area (TPSA) is 70.2 Å². The molecule has 0 aliphatic carbocycles. The Kier molecular flexibility index (Phi) is 10.3. The minimum atomic E-state index is -0.798. The first-order chi connectivity index (χ1) is 17.0. The van der Waals surface area contributed by atoms with Crippen molar-refractivity contribution in [3.63, 3.8) is 0 Å². The molecule has 1 saturated heterocycles. The number of amides is 3. The summed E-state index contributed by atoms with van der Waals surface area (Å²) < 4.78 is 5.14. The molecule has 2 aromatic rings. The molecule has 190 valence electrons. The molecule has 7 nitrogen and oxygen atoms in total. The molecule has 1 aromatic carbocycles.